The first-order chi connectivity index (χ1) is 25.7. The minimum atomic E-state index is -4.02. The van der Waals surface area contributed by atoms with Crippen molar-refractivity contribution in [2.24, 2.45) is 5.92 Å². The van der Waals surface area contributed by atoms with Gasteiger partial charge in [0, 0.05) is 18.8 Å². The minimum absolute atomic E-state index is 0.00509. The van der Waals surface area contributed by atoms with Crippen LogP contribution in [0.4, 0.5) is 4.39 Å². The fourth-order valence-corrected chi connectivity index (χ4v) is 8.00. The molecule has 15 nitrogen and oxygen atoms in total. The Bertz CT molecular complexity index is 2050. The van der Waals surface area contributed by atoms with Gasteiger partial charge in [0.05, 0.1) is 23.0 Å². The van der Waals surface area contributed by atoms with Crippen molar-refractivity contribution in [1.29, 1.82) is 0 Å². The number of carbonyl (C=O) groups excluding carboxylic acids is 4. The zero-order valence-electron chi connectivity index (χ0n) is 30.5. The van der Waals surface area contributed by atoms with Crippen molar-refractivity contribution in [2.45, 2.75) is 108 Å². The number of ether oxygens (including phenoxy) is 1. The first-order valence-electron chi connectivity index (χ1n) is 18.2. The first-order valence-corrected chi connectivity index (χ1v) is 19.7. The van der Waals surface area contributed by atoms with Crippen LogP contribution in [-0.2, 0) is 24.4 Å². The molecule has 0 spiro atoms. The molecule has 1 aromatic carbocycles. The van der Waals surface area contributed by atoms with E-state index < -0.39 is 68.4 Å². The van der Waals surface area contributed by atoms with E-state index in [9.17, 15) is 32.0 Å². The predicted molar refractivity (Wildman–Crippen MR) is 195 cm³/mol. The number of allylic oxidation sites excluding steroid dienone is 2. The van der Waals surface area contributed by atoms with Crippen LogP contribution in [0.2, 0.25) is 0 Å². The summed E-state index contributed by atoms with van der Waals surface area (Å²) >= 11 is 0. The van der Waals surface area contributed by atoms with Gasteiger partial charge in [-0.1, -0.05) is 38.0 Å². The van der Waals surface area contributed by atoms with Crippen molar-refractivity contribution in [3.8, 4) is 5.88 Å². The molecule has 6 rings (SSSR count). The maximum absolute atomic E-state index is 14.7. The van der Waals surface area contributed by atoms with E-state index in [0.717, 1.165) is 19.3 Å². The van der Waals surface area contributed by atoms with E-state index in [-0.39, 0.29) is 48.8 Å². The van der Waals surface area contributed by atoms with Gasteiger partial charge in [0.25, 0.3) is 11.8 Å². The molecule has 0 bridgehead atoms. The normalized spacial score (nSPS) is 25.6. The van der Waals surface area contributed by atoms with E-state index in [4.69, 9.17) is 4.74 Å². The summed E-state index contributed by atoms with van der Waals surface area (Å²) in [6, 6.07) is 0.874. The lowest BCUT2D eigenvalue weighted by molar-refractivity contribution is -0.141. The Hall–Kier alpha value is -5.06. The maximum Gasteiger partial charge on any atom is 0.272 e. The number of nitrogens with one attached hydrogen (secondary N) is 3. The maximum atomic E-state index is 14.7. The third kappa shape index (κ3) is 8.83. The fraction of sp³-hybridized carbons (Fsp3) is 0.514. The molecule has 0 radical (unpaired) electrons. The Balaban J connectivity index is 1.32. The largest absolute Gasteiger partial charge is 0.471 e. The number of aryl methyl sites for hydroxylation is 1. The van der Waals surface area contributed by atoms with E-state index in [2.05, 4.69) is 35.3 Å². The molecule has 1 unspecified atom stereocenters. The molecule has 1 aliphatic carbocycles. The standard InChI is InChI=1S/C37H45FN8O7S/c1-22-10-7-5-4-6-8-12-27(42-32(47)29-20-39-16-17-40-29)36(50)46-21-24(53-35-23(2)41-26-13-9-11-25(38)31(26)44-35)19-30(46)34(49)43-28(18-22)33(48)45-54(51,52)37(3)14-15-37/h7,9-11,13,16-17,20,22,24,27-28,30H,4-6,8,12,14-15,18-19,21H2,1-3H3,(H,42,47)(H,43,49)(H,45,48)/b10-7-/t22-,24-,27+,28?,30+/m1/s1. The van der Waals surface area contributed by atoms with Crippen molar-refractivity contribution in [3.63, 3.8) is 0 Å². The Kier molecular flexibility index (Phi) is 11.5. The number of halogens is 1. The second-order valence-corrected chi connectivity index (χ2v) is 16.8. The lowest BCUT2D eigenvalue weighted by Gasteiger charge is -2.30. The van der Waals surface area contributed by atoms with Crippen molar-refractivity contribution in [3.05, 3.63) is 66.1 Å². The van der Waals surface area contributed by atoms with E-state index in [1.807, 2.05) is 19.1 Å². The van der Waals surface area contributed by atoms with Crippen molar-refractivity contribution < 1.29 is 36.7 Å². The molecule has 5 atom stereocenters. The highest BCUT2D eigenvalue weighted by Crippen LogP contribution is 2.42. The van der Waals surface area contributed by atoms with E-state index >= 15 is 0 Å². The Morgan fingerprint density at radius 3 is 2.63 bits per heavy atom. The van der Waals surface area contributed by atoms with Gasteiger partial charge in [-0.3, -0.25) is 28.9 Å². The zero-order valence-corrected chi connectivity index (χ0v) is 31.3. The van der Waals surface area contributed by atoms with Crippen molar-refractivity contribution in [2.75, 3.05) is 6.54 Å². The zero-order chi connectivity index (χ0) is 38.6. The average molecular weight is 765 g/mol. The molecule has 2 fully saturated rings. The van der Waals surface area contributed by atoms with Crippen LogP contribution >= 0.6 is 0 Å². The molecule has 4 heterocycles. The topological polar surface area (TPSA) is 203 Å². The summed E-state index contributed by atoms with van der Waals surface area (Å²) in [6.45, 7) is 4.96. The van der Waals surface area contributed by atoms with Gasteiger partial charge in [0.1, 0.15) is 41.1 Å². The summed E-state index contributed by atoms with van der Waals surface area (Å²) in [5.74, 6) is -3.54. The van der Waals surface area contributed by atoms with Gasteiger partial charge in [-0.05, 0) is 70.4 Å². The molecule has 1 saturated heterocycles. The van der Waals surface area contributed by atoms with Crippen LogP contribution in [0.25, 0.3) is 11.0 Å². The summed E-state index contributed by atoms with van der Waals surface area (Å²) in [4.78, 5) is 73.7. The van der Waals surface area contributed by atoms with Crippen LogP contribution in [0, 0.1) is 18.7 Å². The lowest BCUT2D eigenvalue weighted by Crippen LogP contribution is -2.57. The number of sulfonamides is 1. The molecule has 54 heavy (non-hydrogen) atoms. The number of fused-ring (bicyclic) bond motifs is 2. The van der Waals surface area contributed by atoms with Gasteiger partial charge in [-0.2, -0.15) is 0 Å². The summed E-state index contributed by atoms with van der Waals surface area (Å²) in [7, 11) is -4.02. The van der Waals surface area contributed by atoms with E-state index in [1.54, 1.807) is 19.9 Å². The Labute approximate surface area is 313 Å². The number of hydrogen-bond donors (Lipinski definition) is 3. The Morgan fingerprint density at radius 1 is 1.09 bits per heavy atom. The number of rotatable bonds is 7. The third-order valence-corrected chi connectivity index (χ3v) is 12.4. The van der Waals surface area contributed by atoms with E-state index in [0.29, 0.717) is 30.5 Å². The second kappa shape index (κ2) is 16.1. The summed E-state index contributed by atoms with van der Waals surface area (Å²) in [6.07, 6.45) is 11.1. The van der Waals surface area contributed by atoms with Gasteiger partial charge in [-0.25, -0.2) is 27.8 Å². The van der Waals surface area contributed by atoms with Gasteiger partial charge in [-0.15, -0.1) is 0 Å². The molecule has 3 N–H and O–H groups in total. The molecule has 17 heteroatoms. The first kappa shape index (κ1) is 38.7. The molecule has 2 aliphatic heterocycles. The second-order valence-electron chi connectivity index (χ2n) is 14.6. The minimum Gasteiger partial charge on any atom is -0.471 e. The lowest BCUT2D eigenvalue weighted by atomic mass is 9.98. The number of aromatic nitrogens is 4. The molecule has 3 aliphatic rings. The molecular formula is C37H45FN8O7S. The molecule has 288 valence electrons. The monoisotopic (exact) mass is 764 g/mol. The molecular weight excluding hydrogens is 720 g/mol. The van der Waals surface area contributed by atoms with E-state index in [1.165, 1.54) is 35.6 Å². The summed E-state index contributed by atoms with van der Waals surface area (Å²) in [5.41, 5.74) is 0.699. The van der Waals surface area contributed by atoms with Crippen LogP contribution in [0.5, 0.6) is 5.88 Å². The smallest absolute Gasteiger partial charge is 0.272 e. The number of carbonyl (C=O) groups is 4. The van der Waals surface area contributed by atoms with Crippen LogP contribution < -0.4 is 20.1 Å². The molecule has 2 aromatic heterocycles. The van der Waals surface area contributed by atoms with Crippen molar-refractivity contribution in [1.82, 2.24) is 40.2 Å². The van der Waals surface area contributed by atoms with Gasteiger partial charge >= 0.3 is 0 Å². The molecule has 3 aromatic rings. The van der Waals surface area contributed by atoms with Gasteiger partial charge in [0.15, 0.2) is 5.82 Å². The average Bonchev–Trinajstić information content (AvgIpc) is 3.77. The summed E-state index contributed by atoms with van der Waals surface area (Å²) in [5, 5.41) is 5.52. The number of para-hydroxylation sites is 1. The van der Waals surface area contributed by atoms with Crippen LogP contribution in [0.1, 0.15) is 87.8 Å². The highest BCUT2D eigenvalue weighted by Gasteiger charge is 2.51. The number of hydrogen-bond acceptors (Lipinski definition) is 11. The summed E-state index contributed by atoms with van der Waals surface area (Å²) < 4.78 is 48.1. The highest BCUT2D eigenvalue weighted by molar-refractivity contribution is 7.91. The number of benzene rings is 1. The van der Waals surface area contributed by atoms with Gasteiger partial charge < -0.3 is 20.3 Å². The quantitative estimate of drug-likeness (QED) is 0.299. The predicted octanol–water partition coefficient (Wildman–Crippen LogP) is 3.04. The molecule has 1 saturated carbocycles. The van der Waals surface area contributed by atoms with Crippen LogP contribution in [-0.4, -0.2) is 92.4 Å². The highest BCUT2D eigenvalue weighted by atomic mass is 32.2. The SMILES string of the molecule is Cc1nc2cccc(F)c2nc1O[C@@H]1C[C@H]2C(=O)NC(C(=O)NS(=O)(=O)C3(C)CC3)C[C@H](C)/C=C\CCCCC[C@H](NC(=O)c3cnccn3)C(=O)N2C1. The van der Waals surface area contributed by atoms with Crippen molar-refractivity contribution >= 4 is 44.7 Å². The molecule has 4 amide bonds. The Morgan fingerprint density at radius 2 is 1.89 bits per heavy atom. The third-order valence-electron chi connectivity index (χ3n) is 10.2. The fourth-order valence-electron chi connectivity index (χ4n) is 6.70. The number of amides is 4. The van der Waals surface area contributed by atoms with Gasteiger partial charge in [0.2, 0.25) is 27.7 Å². The number of nitrogens with zero attached hydrogens (tertiary/aromatic N) is 5. The van der Waals surface area contributed by atoms with Crippen LogP contribution in [0.15, 0.2) is 48.9 Å². The van der Waals surface area contributed by atoms with Crippen LogP contribution in [0.3, 0.4) is 0 Å².